The van der Waals surface area contributed by atoms with Crippen LogP contribution in [-0.4, -0.2) is 17.7 Å². The molecule has 0 aliphatic heterocycles. The normalized spacial score (nSPS) is 13.1. The van der Waals surface area contributed by atoms with E-state index in [-0.39, 0.29) is 5.97 Å². The largest absolute Gasteiger partial charge is 0.512 e. The Morgan fingerprint density at radius 3 is 2.47 bits per heavy atom. The summed E-state index contributed by atoms with van der Waals surface area (Å²) in [7, 11) is 0. The van der Waals surface area contributed by atoms with Gasteiger partial charge in [0.05, 0.1) is 12.4 Å². The predicted molar refractivity (Wildman–Crippen MR) is 67.7 cm³/mol. The minimum Gasteiger partial charge on any atom is -0.512 e. The minimum absolute atomic E-state index is 0.128. The lowest BCUT2D eigenvalue weighted by Crippen LogP contribution is -2.03. The van der Waals surface area contributed by atoms with Crippen LogP contribution in [-0.2, 0) is 9.53 Å². The van der Waals surface area contributed by atoms with Gasteiger partial charge in [0.15, 0.2) is 0 Å². The fourth-order valence-corrected chi connectivity index (χ4v) is 1.68. The Hall–Kier alpha value is -1.51. The van der Waals surface area contributed by atoms with Crippen LogP contribution >= 0.6 is 0 Å². The first-order chi connectivity index (χ1) is 8.24. The molecule has 0 fully saturated rings. The molecule has 0 bridgehead atoms. The molecule has 0 spiro atoms. The van der Waals surface area contributed by atoms with Gasteiger partial charge in [-0.2, -0.15) is 0 Å². The van der Waals surface area contributed by atoms with E-state index in [1.807, 2.05) is 31.2 Å². The van der Waals surface area contributed by atoms with Crippen LogP contribution in [0.25, 0.3) is 0 Å². The summed E-state index contributed by atoms with van der Waals surface area (Å²) in [6.45, 7) is 2.26. The van der Waals surface area contributed by atoms with E-state index in [2.05, 4.69) is 0 Å². The van der Waals surface area contributed by atoms with Crippen molar-refractivity contribution in [2.24, 2.45) is 0 Å². The van der Waals surface area contributed by atoms with Crippen molar-refractivity contribution >= 4 is 5.97 Å². The maximum atomic E-state index is 11.1. The summed E-state index contributed by atoms with van der Waals surface area (Å²) in [5.41, 5.74) is 0.899. The average Bonchev–Trinajstić information content (AvgIpc) is 2.82. The molecule has 1 aliphatic carbocycles. The molecule has 0 saturated heterocycles. The van der Waals surface area contributed by atoms with Crippen LogP contribution in [0, 0.1) is 0 Å². The van der Waals surface area contributed by atoms with Gasteiger partial charge in [-0.25, -0.2) is 0 Å². The van der Waals surface area contributed by atoms with Crippen molar-refractivity contribution in [1.29, 1.82) is 0 Å². The molecule has 3 heteroatoms. The third-order valence-electron chi connectivity index (χ3n) is 2.60. The summed E-state index contributed by atoms with van der Waals surface area (Å²) < 4.78 is 4.83. The van der Waals surface area contributed by atoms with Crippen molar-refractivity contribution in [2.75, 3.05) is 6.61 Å². The van der Waals surface area contributed by atoms with E-state index < -0.39 is 0 Å². The molecule has 0 heterocycles. The number of hydrogen-bond donors (Lipinski definition) is 1. The van der Waals surface area contributed by atoms with Gasteiger partial charge in [0.1, 0.15) is 0 Å². The fraction of sp³-hybridized carbons (Fsp3) is 0.500. The number of carbonyl (C=O) groups is 1. The first kappa shape index (κ1) is 13.6. The van der Waals surface area contributed by atoms with Crippen LogP contribution in [0.4, 0.5) is 0 Å². The highest BCUT2D eigenvalue weighted by Gasteiger charge is 2.04. The summed E-state index contributed by atoms with van der Waals surface area (Å²) in [5, 5.41) is 9.73. The number of esters is 1. The highest BCUT2D eigenvalue weighted by molar-refractivity contribution is 5.69. The molecule has 1 N–H and O–H groups in total. The van der Waals surface area contributed by atoms with E-state index in [1.54, 1.807) is 0 Å². The summed E-state index contributed by atoms with van der Waals surface area (Å²) >= 11 is 0. The number of unbranched alkanes of at least 4 members (excludes halogenated alkanes) is 2. The number of carbonyl (C=O) groups excluding carboxylic acids is 1. The zero-order valence-corrected chi connectivity index (χ0v) is 10.3. The number of ether oxygens (including phenoxy) is 1. The van der Waals surface area contributed by atoms with Gasteiger partial charge < -0.3 is 9.84 Å². The third kappa shape index (κ3) is 5.38. The van der Waals surface area contributed by atoms with Crippen molar-refractivity contribution in [1.82, 2.24) is 0 Å². The van der Waals surface area contributed by atoms with E-state index in [9.17, 15) is 9.90 Å². The van der Waals surface area contributed by atoms with Crippen LogP contribution < -0.4 is 0 Å². The number of hydrogen-bond acceptors (Lipinski definition) is 3. The summed E-state index contributed by atoms with van der Waals surface area (Å²) in [5.74, 6) is 0.308. The van der Waals surface area contributed by atoms with Gasteiger partial charge in [0, 0.05) is 18.4 Å². The first-order valence-electron chi connectivity index (χ1n) is 6.16. The maximum Gasteiger partial charge on any atom is 0.305 e. The Bertz CT molecular complexity index is 323. The fourth-order valence-electron chi connectivity index (χ4n) is 1.68. The average molecular weight is 236 g/mol. The standard InChI is InChI=1S/C14H20O3/c1-2-17-14(16)11-5-3-4-10-13(15)12-8-6-7-9-12/h6-9,15H,2-5,10-11H2,1H3. The molecule has 94 valence electrons. The number of allylic oxidation sites excluding steroid dienone is 6. The Balaban J connectivity index is 2.08. The number of rotatable bonds is 7. The lowest BCUT2D eigenvalue weighted by Gasteiger charge is -2.03. The Morgan fingerprint density at radius 1 is 1.18 bits per heavy atom. The van der Waals surface area contributed by atoms with Crippen molar-refractivity contribution in [3.63, 3.8) is 0 Å². The number of aliphatic hydroxyl groups excluding tert-OH is 1. The van der Waals surface area contributed by atoms with Crippen LogP contribution in [0.2, 0.25) is 0 Å². The lowest BCUT2D eigenvalue weighted by atomic mass is 10.1. The second kappa shape index (κ2) is 7.71. The quantitative estimate of drug-likeness (QED) is 0.418. The molecule has 0 radical (unpaired) electrons. The van der Waals surface area contributed by atoms with E-state index in [0.717, 1.165) is 24.8 Å². The Morgan fingerprint density at radius 2 is 1.82 bits per heavy atom. The third-order valence-corrected chi connectivity index (χ3v) is 2.60. The van der Waals surface area contributed by atoms with Crippen molar-refractivity contribution in [3.05, 3.63) is 35.6 Å². The van der Waals surface area contributed by atoms with Crippen molar-refractivity contribution in [3.8, 4) is 0 Å². The van der Waals surface area contributed by atoms with Gasteiger partial charge in [0.2, 0.25) is 0 Å². The molecule has 0 aromatic rings. The Kier molecular flexibility index (Phi) is 6.15. The SMILES string of the molecule is CCOC(=O)CCCCCC(O)=C1C=CC=C1. The smallest absolute Gasteiger partial charge is 0.305 e. The Labute approximate surface area is 102 Å². The summed E-state index contributed by atoms with van der Waals surface area (Å²) in [4.78, 5) is 11.1. The minimum atomic E-state index is -0.128. The van der Waals surface area contributed by atoms with Gasteiger partial charge in [-0.05, 0) is 19.8 Å². The maximum absolute atomic E-state index is 11.1. The molecule has 0 aromatic carbocycles. The van der Waals surface area contributed by atoms with Crippen LogP contribution in [0.1, 0.15) is 39.0 Å². The molecule has 0 aromatic heterocycles. The molecule has 0 unspecified atom stereocenters. The zero-order valence-electron chi connectivity index (χ0n) is 10.3. The van der Waals surface area contributed by atoms with Gasteiger partial charge in [0.25, 0.3) is 0 Å². The van der Waals surface area contributed by atoms with Gasteiger partial charge in [-0.1, -0.05) is 30.7 Å². The molecular weight excluding hydrogens is 216 g/mol. The topological polar surface area (TPSA) is 46.5 Å². The predicted octanol–water partition coefficient (Wildman–Crippen LogP) is 3.44. The van der Waals surface area contributed by atoms with Crippen molar-refractivity contribution in [2.45, 2.75) is 39.0 Å². The highest BCUT2D eigenvalue weighted by Crippen LogP contribution is 2.17. The van der Waals surface area contributed by atoms with Crippen molar-refractivity contribution < 1.29 is 14.6 Å². The van der Waals surface area contributed by atoms with E-state index in [0.29, 0.717) is 25.2 Å². The van der Waals surface area contributed by atoms with Crippen LogP contribution in [0.3, 0.4) is 0 Å². The molecule has 1 rings (SSSR count). The molecule has 3 nitrogen and oxygen atoms in total. The van der Waals surface area contributed by atoms with Gasteiger partial charge in [-0.15, -0.1) is 0 Å². The lowest BCUT2D eigenvalue weighted by molar-refractivity contribution is -0.143. The van der Waals surface area contributed by atoms with Crippen LogP contribution in [0.15, 0.2) is 35.6 Å². The van der Waals surface area contributed by atoms with E-state index in [4.69, 9.17) is 4.74 Å². The molecule has 1 aliphatic rings. The number of aliphatic hydroxyl groups is 1. The zero-order chi connectivity index (χ0) is 12.5. The monoisotopic (exact) mass is 236 g/mol. The molecule has 0 saturated carbocycles. The molecule has 0 atom stereocenters. The molecule has 17 heavy (non-hydrogen) atoms. The summed E-state index contributed by atoms with van der Waals surface area (Å²) in [6, 6.07) is 0. The first-order valence-corrected chi connectivity index (χ1v) is 6.16. The van der Waals surface area contributed by atoms with Gasteiger partial charge >= 0.3 is 5.97 Å². The van der Waals surface area contributed by atoms with E-state index >= 15 is 0 Å². The van der Waals surface area contributed by atoms with E-state index in [1.165, 1.54) is 0 Å². The molecule has 0 amide bonds. The highest BCUT2D eigenvalue weighted by atomic mass is 16.5. The van der Waals surface area contributed by atoms with Crippen LogP contribution in [0.5, 0.6) is 0 Å². The summed E-state index contributed by atoms with van der Waals surface area (Å²) in [6.07, 6.45) is 11.4. The molecular formula is C14H20O3. The van der Waals surface area contributed by atoms with Gasteiger partial charge in [-0.3, -0.25) is 4.79 Å². The second-order valence-corrected chi connectivity index (χ2v) is 3.99. The second-order valence-electron chi connectivity index (χ2n) is 3.99.